The van der Waals surface area contributed by atoms with Crippen molar-refractivity contribution < 1.29 is 18.7 Å². The number of piperazine rings is 1. The highest BCUT2D eigenvalue weighted by Gasteiger charge is 2.29. The van der Waals surface area contributed by atoms with Crippen molar-refractivity contribution in [1.82, 2.24) is 14.8 Å². The van der Waals surface area contributed by atoms with Gasteiger partial charge < -0.3 is 19.0 Å². The van der Waals surface area contributed by atoms with Gasteiger partial charge >= 0.3 is 0 Å². The second-order valence-corrected chi connectivity index (χ2v) is 8.93. The first kappa shape index (κ1) is 23.8. The summed E-state index contributed by atoms with van der Waals surface area (Å²) in [5.41, 5.74) is 2.55. The monoisotopic (exact) mass is 487 g/mol. The van der Waals surface area contributed by atoms with Crippen LogP contribution in [0.2, 0.25) is 0 Å². The molecule has 1 aliphatic heterocycles. The molecule has 36 heavy (non-hydrogen) atoms. The number of nitrogens with one attached hydrogen (secondary N) is 1. The van der Waals surface area contributed by atoms with E-state index in [0.29, 0.717) is 73.8 Å². The molecule has 0 saturated carbocycles. The van der Waals surface area contributed by atoms with E-state index in [-0.39, 0.29) is 5.43 Å². The Kier molecular flexibility index (Phi) is 6.61. The first-order chi connectivity index (χ1) is 17.5. The zero-order chi connectivity index (χ0) is 25.2. The van der Waals surface area contributed by atoms with E-state index in [1.54, 1.807) is 23.2 Å². The number of fused-ring (bicyclic) bond motifs is 2. The van der Waals surface area contributed by atoms with Crippen molar-refractivity contribution in [3.63, 3.8) is 0 Å². The Morgan fingerprint density at radius 3 is 2.56 bits per heavy atom. The van der Waals surface area contributed by atoms with Gasteiger partial charge in [-0.2, -0.15) is 0 Å². The van der Waals surface area contributed by atoms with Gasteiger partial charge in [-0.1, -0.05) is 25.1 Å². The van der Waals surface area contributed by atoms with Gasteiger partial charge in [-0.25, -0.2) is 0 Å². The maximum atomic E-state index is 13.0. The Balaban J connectivity index is 1.33. The molecule has 0 bridgehead atoms. The van der Waals surface area contributed by atoms with Gasteiger partial charge in [0, 0.05) is 62.3 Å². The van der Waals surface area contributed by atoms with Gasteiger partial charge in [0.15, 0.2) is 5.43 Å². The van der Waals surface area contributed by atoms with Crippen LogP contribution < -0.4 is 10.2 Å². The van der Waals surface area contributed by atoms with Crippen molar-refractivity contribution in [2.75, 3.05) is 32.8 Å². The molecule has 1 amide bonds. The number of hydrogen-bond donors (Lipinski definition) is 1. The van der Waals surface area contributed by atoms with E-state index in [1.807, 2.05) is 44.2 Å². The van der Waals surface area contributed by atoms with Gasteiger partial charge in [-0.05, 0) is 25.1 Å². The third kappa shape index (κ3) is 4.40. The van der Waals surface area contributed by atoms with Crippen LogP contribution in [-0.4, -0.2) is 59.3 Å². The molecule has 8 nitrogen and oxygen atoms in total. The smallest absolute Gasteiger partial charge is 0.295 e. The Morgan fingerprint density at radius 1 is 1.03 bits per heavy atom. The minimum atomic E-state index is -0.498. The van der Waals surface area contributed by atoms with Crippen LogP contribution in [0.15, 0.2) is 57.9 Å². The average Bonchev–Trinajstić information content (AvgIpc) is 3.34. The molecule has 2 aromatic heterocycles. The number of ketones is 1. The van der Waals surface area contributed by atoms with E-state index < -0.39 is 11.7 Å². The lowest BCUT2D eigenvalue weighted by Crippen LogP contribution is -2.50. The molecule has 0 atom stereocenters. The van der Waals surface area contributed by atoms with E-state index in [1.165, 1.54) is 0 Å². The molecule has 0 spiro atoms. The number of carbonyl (C=O) groups excluding carboxylic acids is 2. The molecule has 1 fully saturated rings. The zero-order valence-electron chi connectivity index (χ0n) is 20.5. The number of aromatic nitrogens is 1. The van der Waals surface area contributed by atoms with Crippen LogP contribution in [0.4, 0.5) is 0 Å². The van der Waals surface area contributed by atoms with Crippen LogP contribution in [0.1, 0.15) is 35.5 Å². The Morgan fingerprint density at radius 2 is 1.81 bits per heavy atom. The number of amides is 1. The van der Waals surface area contributed by atoms with E-state index in [4.69, 9.17) is 9.15 Å². The van der Waals surface area contributed by atoms with Crippen LogP contribution in [0.3, 0.4) is 0 Å². The van der Waals surface area contributed by atoms with E-state index in [2.05, 4.69) is 9.88 Å². The number of para-hydroxylation sites is 1. The van der Waals surface area contributed by atoms with Crippen molar-refractivity contribution in [3.05, 3.63) is 75.8 Å². The lowest BCUT2D eigenvalue weighted by molar-refractivity contribution is -0.128. The number of H-pyrrole nitrogens is 1. The molecule has 8 heteroatoms. The van der Waals surface area contributed by atoms with Crippen molar-refractivity contribution in [2.24, 2.45) is 0 Å². The van der Waals surface area contributed by atoms with E-state index in [0.717, 1.165) is 16.5 Å². The van der Waals surface area contributed by atoms with Gasteiger partial charge in [0.05, 0.1) is 23.1 Å². The molecular formula is C28H29N3O5. The number of aryl methyl sites for hydroxylation is 1. The molecule has 0 aliphatic carbocycles. The second kappa shape index (κ2) is 9.99. The summed E-state index contributed by atoms with van der Waals surface area (Å²) in [6.07, 6.45) is 2.23. The van der Waals surface area contributed by atoms with Crippen molar-refractivity contribution in [1.29, 1.82) is 0 Å². The number of aromatic amines is 1. The van der Waals surface area contributed by atoms with E-state index in [9.17, 15) is 14.4 Å². The summed E-state index contributed by atoms with van der Waals surface area (Å²) in [4.78, 5) is 45.5. The fraction of sp³-hybridized carbons (Fsp3) is 0.321. The largest absolute Gasteiger partial charge is 0.493 e. The normalized spacial score (nSPS) is 14.4. The van der Waals surface area contributed by atoms with Crippen molar-refractivity contribution in [3.8, 4) is 5.75 Å². The van der Waals surface area contributed by atoms with Gasteiger partial charge in [-0.3, -0.25) is 19.3 Å². The van der Waals surface area contributed by atoms with Gasteiger partial charge in [-0.15, -0.1) is 0 Å². The third-order valence-corrected chi connectivity index (χ3v) is 6.73. The fourth-order valence-corrected chi connectivity index (χ4v) is 4.77. The number of nitrogens with zero attached hydrogens (tertiary/aromatic N) is 2. The number of rotatable bonds is 7. The molecule has 1 aliphatic rings. The lowest BCUT2D eigenvalue weighted by atomic mass is 10.1. The molecule has 0 unspecified atom stereocenters. The summed E-state index contributed by atoms with van der Waals surface area (Å²) < 4.78 is 12.0. The minimum Gasteiger partial charge on any atom is -0.493 e. The summed E-state index contributed by atoms with van der Waals surface area (Å²) in [5.74, 6) is 0.337. The molecule has 1 N–H and O–H groups in total. The quantitative estimate of drug-likeness (QED) is 0.315. The molecule has 1 saturated heterocycles. The Hall–Kier alpha value is -3.91. The predicted octanol–water partition coefficient (Wildman–Crippen LogP) is 3.76. The molecule has 186 valence electrons. The number of hydrogen-bond acceptors (Lipinski definition) is 6. The predicted molar refractivity (Wildman–Crippen MR) is 138 cm³/mol. The summed E-state index contributed by atoms with van der Waals surface area (Å²) >= 11 is 0. The van der Waals surface area contributed by atoms with Gasteiger partial charge in [0.25, 0.3) is 11.7 Å². The SMILES string of the molecule is CCOc1ccc2c(=O)cc(CC)oc2c1CN1CCN(C(=O)C(=O)c2c[nH]c3ccccc23)CC1. The highest BCUT2D eigenvalue weighted by atomic mass is 16.5. The van der Waals surface area contributed by atoms with Crippen LogP contribution in [0.25, 0.3) is 21.9 Å². The van der Waals surface area contributed by atoms with E-state index >= 15 is 0 Å². The Labute approximate surface area is 208 Å². The number of carbonyl (C=O) groups is 2. The van der Waals surface area contributed by atoms with Gasteiger partial charge in [0.1, 0.15) is 17.1 Å². The summed E-state index contributed by atoms with van der Waals surface area (Å²) in [5, 5.41) is 1.28. The molecule has 4 aromatic rings. The minimum absolute atomic E-state index is 0.0661. The summed E-state index contributed by atoms with van der Waals surface area (Å²) in [6, 6.07) is 12.6. The lowest BCUT2D eigenvalue weighted by Gasteiger charge is -2.34. The van der Waals surface area contributed by atoms with Crippen LogP contribution in [0, 0.1) is 0 Å². The van der Waals surface area contributed by atoms with Crippen molar-refractivity contribution in [2.45, 2.75) is 26.8 Å². The molecule has 5 rings (SSSR count). The Bertz CT molecular complexity index is 1490. The highest BCUT2D eigenvalue weighted by Crippen LogP contribution is 2.29. The van der Waals surface area contributed by atoms with Crippen LogP contribution >= 0.6 is 0 Å². The number of Topliss-reactive ketones (excluding diaryl/α,β-unsaturated/α-hetero) is 1. The standard InChI is InChI=1S/C28H29N3O5/c1-3-18-15-24(32)20-9-10-25(35-4-2)22(27(20)36-18)17-30-11-13-31(14-12-30)28(34)26(33)21-16-29-23-8-6-5-7-19(21)23/h5-10,15-16,29H,3-4,11-14,17H2,1-2H3. The highest BCUT2D eigenvalue weighted by molar-refractivity contribution is 6.44. The van der Waals surface area contributed by atoms with Gasteiger partial charge in [0.2, 0.25) is 0 Å². The van der Waals surface area contributed by atoms with Crippen molar-refractivity contribution >= 4 is 33.6 Å². The first-order valence-corrected chi connectivity index (χ1v) is 12.3. The second-order valence-electron chi connectivity index (χ2n) is 8.93. The maximum Gasteiger partial charge on any atom is 0.295 e. The van der Waals surface area contributed by atoms with Crippen LogP contribution in [-0.2, 0) is 17.8 Å². The molecular weight excluding hydrogens is 458 g/mol. The molecule has 0 radical (unpaired) electrons. The topological polar surface area (TPSA) is 95.8 Å². The maximum absolute atomic E-state index is 13.0. The molecule has 3 heterocycles. The third-order valence-electron chi connectivity index (χ3n) is 6.73. The summed E-state index contributed by atoms with van der Waals surface area (Å²) in [6.45, 7) is 6.93. The number of benzene rings is 2. The van der Waals surface area contributed by atoms with Crippen LogP contribution in [0.5, 0.6) is 5.75 Å². The zero-order valence-corrected chi connectivity index (χ0v) is 20.5. The number of ether oxygens (including phenoxy) is 1. The fourth-order valence-electron chi connectivity index (χ4n) is 4.77. The summed E-state index contributed by atoms with van der Waals surface area (Å²) in [7, 11) is 0. The first-order valence-electron chi connectivity index (χ1n) is 12.3. The average molecular weight is 488 g/mol. The molecule has 2 aromatic carbocycles.